The fourth-order valence-electron chi connectivity index (χ4n) is 5.45. The maximum atomic E-state index is 13.2. The Morgan fingerprint density at radius 3 is 2.43 bits per heavy atom. The maximum absolute atomic E-state index is 13.2. The van der Waals surface area contributed by atoms with Crippen molar-refractivity contribution in [2.24, 2.45) is 0 Å². The molecule has 0 bridgehead atoms. The summed E-state index contributed by atoms with van der Waals surface area (Å²) in [6.07, 6.45) is 5.06. The van der Waals surface area contributed by atoms with Gasteiger partial charge in [0.25, 0.3) is 5.91 Å². The van der Waals surface area contributed by atoms with Gasteiger partial charge in [0, 0.05) is 37.0 Å². The molecule has 28 heavy (non-hydrogen) atoms. The maximum Gasteiger partial charge on any atom is 0.254 e. The van der Waals surface area contributed by atoms with E-state index in [4.69, 9.17) is 0 Å². The van der Waals surface area contributed by atoms with Crippen molar-refractivity contribution >= 4 is 23.2 Å². The topological polar surface area (TPSA) is 40.6 Å². The van der Waals surface area contributed by atoms with Gasteiger partial charge in [0.05, 0.1) is 11.5 Å². The molecule has 1 aromatic heterocycles. The van der Waals surface area contributed by atoms with Gasteiger partial charge < -0.3 is 9.80 Å². The summed E-state index contributed by atoms with van der Waals surface area (Å²) in [5, 5.41) is 3.89. The Bertz CT molecular complexity index is 878. The second-order valence-electron chi connectivity index (χ2n) is 8.46. The van der Waals surface area contributed by atoms with Gasteiger partial charge >= 0.3 is 0 Å². The number of hydrogen-bond acceptors (Lipinski definition) is 3. The van der Waals surface area contributed by atoms with Gasteiger partial charge in [0.1, 0.15) is 0 Å². The first-order valence-electron chi connectivity index (χ1n) is 10.4. The normalized spacial score (nSPS) is 23.2. The van der Waals surface area contributed by atoms with Gasteiger partial charge in [-0.05, 0) is 54.7 Å². The molecule has 4 nitrogen and oxygen atoms in total. The van der Waals surface area contributed by atoms with Crippen molar-refractivity contribution in [3.63, 3.8) is 0 Å². The van der Waals surface area contributed by atoms with Gasteiger partial charge in [-0.3, -0.25) is 9.59 Å². The molecule has 1 aromatic carbocycles. The zero-order valence-electron chi connectivity index (χ0n) is 16.1. The first-order valence-corrected chi connectivity index (χ1v) is 11.3. The molecule has 2 saturated heterocycles. The van der Waals surface area contributed by atoms with Crippen LogP contribution in [0.25, 0.3) is 0 Å². The van der Waals surface area contributed by atoms with E-state index in [2.05, 4.69) is 29.2 Å². The number of rotatable bonds is 2. The first-order chi connectivity index (χ1) is 13.7. The average Bonchev–Trinajstić information content (AvgIpc) is 3.49. The Labute approximate surface area is 170 Å². The zero-order chi connectivity index (χ0) is 19.1. The van der Waals surface area contributed by atoms with E-state index in [9.17, 15) is 9.59 Å². The summed E-state index contributed by atoms with van der Waals surface area (Å²) in [6, 6.07) is 10.5. The van der Waals surface area contributed by atoms with Crippen LogP contribution in [0.2, 0.25) is 0 Å². The van der Waals surface area contributed by atoms with E-state index in [1.807, 2.05) is 21.7 Å². The van der Waals surface area contributed by atoms with Crippen LogP contribution in [-0.2, 0) is 10.2 Å². The van der Waals surface area contributed by atoms with Crippen molar-refractivity contribution in [3.8, 4) is 0 Å². The molecule has 2 amide bonds. The molecule has 5 rings (SSSR count). The van der Waals surface area contributed by atoms with Crippen LogP contribution in [0.5, 0.6) is 0 Å². The molecule has 1 spiro atoms. The number of hydrogen-bond donors (Lipinski definition) is 0. The number of carbonyl (C=O) groups is 2. The highest BCUT2D eigenvalue weighted by Crippen LogP contribution is 2.52. The van der Waals surface area contributed by atoms with E-state index in [1.54, 1.807) is 11.3 Å². The number of carbonyl (C=O) groups excluding carboxylic acids is 2. The molecule has 0 radical (unpaired) electrons. The molecule has 3 heterocycles. The molecule has 2 aliphatic heterocycles. The van der Waals surface area contributed by atoms with E-state index in [-0.39, 0.29) is 17.2 Å². The minimum Gasteiger partial charge on any atom is -0.342 e. The van der Waals surface area contributed by atoms with Gasteiger partial charge in [0.2, 0.25) is 5.91 Å². The van der Waals surface area contributed by atoms with E-state index in [0.29, 0.717) is 5.91 Å². The van der Waals surface area contributed by atoms with Crippen LogP contribution in [0, 0.1) is 0 Å². The highest BCUT2D eigenvalue weighted by molar-refractivity contribution is 7.08. The summed E-state index contributed by atoms with van der Waals surface area (Å²) in [7, 11) is 0. The molecule has 2 aromatic rings. The second-order valence-corrected chi connectivity index (χ2v) is 9.24. The van der Waals surface area contributed by atoms with Crippen molar-refractivity contribution < 1.29 is 9.59 Å². The molecule has 3 aliphatic rings. The fourth-order valence-corrected chi connectivity index (χ4v) is 6.08. The third-order valence-corrected chi connectivity index (χ3v) is 7.68. The summed E-state index contributed by atoms with van der Waals surface area (Å²) in [4.78, 5) is 30.0. The lowest BCUT2D eigenvalue weighted by Crippen LogP contribution is -2.44. The number of likely N-dealkylation sites (tertiary alicyclic amines) is 2. The predicted molar refractivity (Wildman–Crippen MR) is 111 cm³/mol. The summed E-state index contributed by atoms with van der Waals surface area (Å²) in [6.45, 7) is 3.36. The number of benzene rings is 1. The van der Waals surface area contributed by atoms with E-state index in [0.717, 1.165) is 63.8 Å². The molecule has 146 valence electrons. The van der Waals surface area contributed by atoms with Crippen LogP contribution in [0.3, 0.4) is 0 Å². The number of thiophene rings is 1. The molecular weight excluding hydrogens is 368 g/mol. The largest absolute Gasteiger partial charge is 0.342 e. The monoisotopic (exact) mass is 394 g/mol. The lowest BCUT2D eigenvalue weighted by molar-refractivity contribution is -0.132. The molecular formula is C23H26N2O2S. The molecule has 0 N–H and O–H groups in total. The highest BCUT2D eigenvalue weighted by atomic mass is 32.1. The fraction of sp³-hybridized carbons (Fsp3) is 0.478. The van der Waals surface area contributed by atoms with E-state index >= 15 is 0 Å². The molecule has 1 atom stereocenters. The van der Waals surface area contributed by atoms with Crippen molar-refractivity contribution in [2.45, 2.75) is 43.4 Å². The molecule has 5 heteroatoms. The van der Waals surface area contributed by atoms with Crippen LogP contribution in [0.15, 0.2) is 41.1 Å². The minimum atomic E-state index is -0.00609. The van der Waals surface area contributed by atoms with Crippen molar-refractivity contribution in [1.29, 1.82) is 0 Å². The minimum absolute atomic E-state index is 0.00609. The summed E-state index contributed by atoms with van der Waals surface area (Å²) < 4.78 is 0. The van der Waals surface area contributed by atoms with Crippen molar-refractivity contribution in [3.05, 3.63) is 57.8 Å². The lowest BCUT2D eigenvalue weighted by Gasteiger charge is -2.40. The lowest BCUT2D eigenvalue weighted by atomic mass is 9.73. The Kier molecular flexibility index (Phi) is 4.50. The van der Waals surface area contributed by atoms with Crippen LogP contribution in [0.1, 0.15) is 59.5 Å². The highest BCUT2D eigenvalue weighted by Gasteiger charge is 2.48. The van der Waals surface area contributed by atoms with Gasteiger partial charge in [0.15, 0.2) is 0 Å². The third-order valence-electron chi connectivity index (χ3n) is 6.99. The number of amides is 2. The van der Waals surface area contributed by atoms with Crippen LogP contribution in [0.4, 0.5) is 0 Å². The Morgan fingerprint density at radius 2 is 1.71 bits per heavy atom. The molecule has 1 aliphatic carbocycles. The molecule has 0 saturated carbocycles. The van der Waals surface area contributed by atoms with Crippen molar-refractivity contribution in [2.75, 3.05) is 26.2 Å². The first kappa shape index (κ1) is 17.9. The molecule has 2 fully saturated rings. The Hall–Kier alpha value is -2.14. The smallest absolute Gasteiger partial charge is 0.254 e. The number of fused-ring (bicyclic) bond motifs is 2. The summed E-state index contributed by atoms with van der Waals surface area (Å²) in [5.41, 5.74) is 3.43. The van der Waals surface area contributed by atoms with Crippen LogP contribution < -0.4 is 0 Å². The van der Waals surface area contributed by atoms with Gasteiger partial charge in [-0.2, -0.15) is 11.3 Å². The second kappa shape index (κ2) is 7.03. The van der Waals surface area contributed by atoms with Gasteiger partial charge in [-0.25, -0.2) is 0 Å². The van der Waals surface area contributed by atoms with Crippen molar-refractivity contribution in [1.82, 2.24) is 9.80 Å². The predicted octanol–water partition coefficient (Wildman–Crippen LogP) is 4.03. The van der Waals surface area contributed by atoms with Crippen LogP contribution in [-0.4, -0.2) is 47.8 Å². The summed E-state index contributed by atoms with van der Waals surface area (Å²) >= 11 is 1.57. The van der Waals surface area contributed by atoms with E-state index in [1.165, 1.54) is 11.1 Å². The van der Waals surface area contributed by atoms with Crippen LogP contribution >= 0.6 is 11.3 Å². The SMILES string of the molecule is O=C(c1ccsc1)N1CCC2(CC1)C[C@H](C(=O)N1CCCC1)c1ccccc12. The number of nitrogens with zero attached hydrogens (tertiary/aromatic N) is 2. The molecule has 0 unspecified atom stereocenters. The van der Waals surface area contributed by atoms with E-state index < -0.39 is 0 Å². The number of piperidine rings is 1. The summed E-state index contributed by atoms with van der Waals surface area (Å²) in [5.74, 6) is 0.458. The average molecular weight is 395 g/mol. The third kappa shape index (κ3) is 2.87. The van der Waals surface area contributed by atoms with Gasteiger partial charge in [-0.15, -0.1) is 0 Å². The standard InChI is InChI=1S/C23H26N2O2S/c26-21(17-7-14-28-16-17)25-12-8-23(9-13-25)15-19(18-5-1-2-6-20(18)23)22(27)24-10-3-4-11-24/h1-2,5-7,14,16,19H,3-4,8-13,15H2/t19-/m0/s1. The zero-order valence-corrected chi connectivity index (χ0v) is 16.9. The van der Waals surface area contributed by atoms with Gasteiger partial charge in [-0.1, -0.05) is 24.3 Å². The quantitative estimate of drug-likeness (QED) is 0.772. The Balaban J connectivity index is 1.37. The Morgan fingerprint density at radius 1 is 0.964 bits per heavy atom.